The van der Waals surface area contributed by atoms with Crippen LogP contribution >= 0.6 is 0 Å². The molecule has 0 rings (SSSR count). The monoisotopic (exact) mass is 162 g/mol. The Kier molecular flexibility index (Phi) is 5.24. The van der Waals surface area contributed by atoms with Gasteiger partial charge in [-0.05, 0) is 20.4 Å². The number of hydrogen-bond acceptors (Lipinski definition) is 3. The van der Waals surface area contributed by atoms with Crippen molar-refractivity contribution >= 4 is 15.7 Å². The molecule has 0 N–H and O–H groups in total. The lowest BCUT2D eigenvalue weighted by Crippen LogP contribution is -2.16. The summed E-state index contributed by atoms with van der Waals surface area (Å²) in [7, 11) is -0.608. The van der Waals surface area contributed by atoms with Crippen LogP contribution in [0.5, 0.6) is 0 Å². The maximum Gasteiger partial charge on any atom is 0.318 e. The van der Waals surface area contributed by atoms with Crippen molar-refractivity contribution in [2.24, 2.45) is 0 Å². The molecule has 0 aromatic carbocycles. The molecule has 0 bridgehead atoms. The molecule has 0 fully saturated rings. The van der Waals surface area contributed by atoms with Crippen LogP contribution in [0.2, 0.25) is 6.55 Å². The summed E-state index contributed by atoms with van der Waals surface area (Å²) < 4.78 is 9.77. The summed E-state index contributed by atoms with van der Waals surface area (Å²) in [6.07, 6.45) is 0.103. The molecular formula is C6H14O3Si. The lowest BCUT2D eigenvalue weighted by Gasteiger charge is -2.05. The molecule has 0 heterocycles. The largest absolute Gasteiger partial charge is 0.524 e. The number of hydrogen-bond donors (Lipinski definition) is 0. The van der Waals surface area contributed by atoms with Crippen LogP contribution in [0.15, 0.2) is 0 Å². The summed E-state index contributed by atoms with van der Waals surface area (Å²) in [5, 5.41) is 0. The Bertz CT molecular complexity index is 103. The van der Waals surface area contributed by atoms with Gasteiger partial charge in [0.05, 0.1) is 6.10 Å². The zero-order valence-electron chi connectivity index (χ0n) is 6.72. The van der Waals surface area contributed by atoms with Crippen LogP contribution in [0, 0.1) is 0 Å². The average molecular weight is 162 g/mol. The molecule has 0 saturated carbocycles. The van der Waals surface area contributed by atoms with E-state index in [1.165, 1.54) is 0 Å². The molecule has 0 aliphatic rings. The zero-order valence-corrected chi connectivity index (χ0v) is 8.13. The molecule has 0 saturated heterocycles. The van der Waals surface area contributed by atoms with Crippen molar-refractivity contribution in [2.45, 2.75) is 26.5 Å². The first kappa shape index (κ1) is 9.65. The molecule has 0 aliphatic carbocycles. The summed E-state index contributed by atoms with van der Waals surface area (Å²) in [4.78, 5) is 10.6. The van der Waals surface area contributed by atoms with Crippen molar-refractivity contribution in [1.29, 1.82) is 0 Å². The van der Waals surface area contributed by atoms with Crippen molar-refractivity contribution in [3.05, 3.63) is 0 Å². The van der Waals surface area contributed by atoms with Crippen molar-refractivity contribution in [3.8, 4) is 0 Å². The molecule has 10 heavy (non-hydrogen) atoms. The summed E-state index contributed by atoms with van der Waals surface area (Å²) in [6.45, 7) is 5.78. The van der Waals surface area contributed by atoms with Gasteiger partial charge in [0.2, 0.25) is 9.76 Å². The van der Waals surface area contributed by atoms with E-state index >= 15 is 0 Å². The second-order valence-electron chi connectivity index (χ2n) is 2.16. The normalized spacial score (nSPS) is 11.2. The van der Waals surface area contributed by atoms with E-state index in [1.807, 2.05) is 20.4 Å². The van der Waals surface area contributed by atoms with Crippen molar-refractivity contribution in [1.82, 2.24) is 0 Å². The highest BCUT2D eigenvalue weighted by atomic mass is 28.2. The molecule has 0 aliphatic heterocycles. The first-order valence-electron chi connectivity index (χ1n) is 3.44. The van der Waals surface area contributed by atoms with Gasteiger partial charge in [0.1, 0.15) is 6.61 Å². The van der Waals surface area contributed by atoms with Crippen LogP contribution in [0.3, 0.4) is 0 Å². The lowest BCUT2D eigenvalue weighted by molar-refractivity contribution is -0.140. The van der Waals surface area contributed by atoms with E-state index in [0.717, 1.165) is 0 Å². The van der Waals surface area contributed by atoms with Gasteiger partial charge in [-0.15, -0.1) is 0 Å². The van der Waals surface area contributed by atoms with Crippen LogP contribution in [0.25, 0.3) is 0 Å². The topological polar surface area (TPSA) is 35.5 Å². The third kappa shape index (κ3) is 5.78. The second-order valence-corrected chi connectivity index (χ2v) is 3.03. The van der Waals surface area contributed by atoms with E-state index in [9.17, 15) is 4.79 Å². The Balaban J connectivity index is 3.22. The second kappa shape index (κ2) is 5.43. The Hall–Kier alpha value is -0.353. The molecule has 0 aromatic heterocycles. The van der Waals surface area contributed by atoms with E-state index < -0.39 is 9.76 Å². The minimum absolute atomic E-state index is 0.0957. The quantitative estimate of drug-likeness (QED) is 0.549. The van der Waals surface area contributed by atoms with Gasteiger partial charge in [0.15, 0.2) is 0 Å². The minimum atomic E-state index is -0.608. The third-order valence-corrected chi connectivity index (χ3v) is 1.45. The molecule has 0 amide bonds. The lowest BCUT2D eigenvalue weighted by atomic mass is 10.5. The third-order valence-electron chi connectivity index (χ3n) is 0.840. The Morgan fingerprint density at radius 2 is 2.20 bits per heavy atom. The molecule has 60 valence electrons. The van der Waals surface area contributed by atoms with Crippen LogP contribution in [-0.2, 0) is 14.0 Å². The highest BCUT2D eigenvalue weighted by molar-refractivity contribution is 6.28. The van der Waals surface area contributed by atoms with E-state index in [4.69, 9.17) is 9.16 Å². The number of carbonyl (C=O) groups excluding carboxylic acids is 1. The van der Waals surface area contributed by atoms with Crippen molar-refractivity contribution in [3.63, 3.8) is 0 Å². The summed E-state index contributed by atoms with van der Waals surface area (Å²) >= 11 is 0. The molecule has 4 heteroatoms. The smallest absolute Gasteiger partial charge is 0.318 e. The van der Waals surface area contributed by atoms with E-state index in [1.54, 1.807) is 0 Å². The van der Waals surface area contributed by atoms with Crippen molar-refractivity contribution in [2.75, 3.05) is 6.61 Å². The van der Waals surface area contributed by atoms with Gasteiger partial charge < -0.3 is 9.16 Å². The van der Waals surface area contributed by atoms with E-state index in [2.05, 4.69) is 0 Å². The van der Waals surface area contributed by atoms with Crippen LogP contribution < -0.4 is 0 Å². The van der Waals surface area contributed by atoms with Crippen LogP contribution in [0.4, 0.5) is 0 Å². The Morgan fingerprint density at radius 1 is 1.60 bits per heavy atom. The van der Waals surface area contributed by atoms with Crippen LogP contribution in [-0.4, -0.2) is 28.4 Å². The number of ether oxygens (including phenoxy) is 1. The van der Waals surface area contributed by atoms with Gasteiger partial charge in [-0.1, -0.05) is 0 Å². The fraction of sp³-hybridized carbons (Fsp3) is 0.833. The Labute approximate surface area is 63.7 Å². The summed E-state index contributed by atoms with van der Waals surface area (Å²) in [6, 6.07) is 0. The first-order valence-corrected chi connectivity index (χ1v) is 5.43. The summed E-state index contributed by atoms with van der Waals surface area (Å²) in [5.74, 6) is -0.233. The van der Waals surface area contributed by atoms with Gasteiger partial charge in [0, 0.05) is 0 Å². The fourth-order valence-electron chi connectivity index (χ4n) is 0.437. The van der Waals surface area contributed by atoms with Gasteiger partial charge in [-0.3, -0.25) is 4.79 Å². The predicted molar refractivity (Wildman–Crippen MR) is 41.6 cm³/mol. The molecule has 0 radical (unpaired) electrons. The first-order chi connectivity index (χ1) is 4.66. The minimum Gasteiger partial charge on any atom is -0.524 e. The standard InChI is InChI=1S/C6H14O3Si/c1-5(2)8-4-6(7)9-10-3/h5H,4,10H2,1-3H3. The van der Waals surface area contributed by atoms with Crippen molar-refractivity contribution < 1.29 is 14.0 Å². The zero-order chi connectivity index (χ0) is 7.98. The van der Waals surface area contributed by atoms with E-state index in [-0.39, 0.29) is 18.7 Å². The number of rotatable bonds is 4. The van der Waals surface area contributed by atoms with Gasteiger partial charge in [0.25, 0.3) is 0 Å². The molecule has 0 atom stereocenters. The van der Waals surface area contributed by atoms with Gasteiger partial charge in [-0.25, -0.2) is 0 Å². The SMILES string of the molecule is C[SiH2]OC(=O)COC(C)C. The maximum absolute atomic E-state index is 10.6. The fourth-order valence-corrected chi connectivity index (χ4v) is 0.843. The van der Waals surface area contributed by atoms with E-state index in [0.29, 0.717) is 0 Å². The molecule has 0 aromatic rings. The number of carbonyl (C=O) groups is 1. The Morgan fingerprint density at radius 3 is 2.60 bits per heavy atom. The molecule has 0 spiro atoms. The molecule has 0 unspecified atom stereocenters. The highest BCUT2D eigenvalue weighted by Gasteiger charge is 2.01. The van der Waals surface area contributed by atoms with Crippen LogP contribution in [0.1, 0.15) is 13.8 Å². The van der Waals surface area contributed by atoms with Gasteiger partial charge in [-0.2, -0.15) is 0 Å². The maximum atomic E-state index is 10.6. The highest BCUT2D eigenvalue weighted by Crippen LogP contribution is 1.87. The average Bonchev–Trinajstić information content (AvgIpc) is 1.85. The molecular weight excluding hydrogens is 148 g/mol. The predicted octanol–water partition coefficient (Wildman–Crippen LogP) is 0.0865. The van der Waals surface area contributed by atoms with Gasteiger partial charge >= 0.3 is 5.97 Å². The molecule has 3 nitrogen and oxygen atoms in total. The summed E-state index contributed by atoms with van der Waals surface area (Å²) in [5.41, 5.74) is 0.